The molecule has 0 saturated carbocycles. The highest BCUT2D eigenvalue weighted by molar-refractivity contribution is 5.89. The zero-order chi connectivity index (χ0) is 20.1. The van der Waals surface area contributed by atoms with Crippen molar-refractivity contribution in [3.8, 4) is 5.75 Å². The number of carboxylic acids is 1. The number of anilines is 2. The van der Waals surface area contributed by atoms with Crippen molar-refractivity contribution in [2.75, 3.05) is 24.7 Å². The van der Waals surface area contributed by atoms with E-state index in [9.17, 15) is 9.90 Å². The average Bonchev–Trinajstić information content (AvgIpc) is 3.07. The first-order valence-corrected chi connectivity index (χ1v) is 9.30. The molecule has 2 aromatic heterocycles. The first-order chi connectivity index (χ1) is 13.5. The second-order valence-electron chi connectivity index (χ2n) is 6.57. The molecule has 3 aromatic rings. The van der Waals surface area contributed by atoms with Gasteiger partial charge in [0.25, 0.3) is 0 Å². The minimum atomic E-state index is -0.976. The number of nitrogens with two attached hydrogens (primary N) is 1. The number of ether oxygens (including phenoxy) is 1. The van der Waals surface area contributed by atoms with Crippen molar-refractivity contribution in [2.45, 2.75) is 32.7 Å². The van der Waals surface area contributed by atoms with Gasteiger partial charge in [-0.3, -0.25) is 0 Å². The topological polar surface area (TPSA) is 115 Å². The third-order valence-electron chi connectivity index (χ3n) is 4.57. The van der Waals surface area contributed by atoms with Crippen LogP contribution >= 0.6 is 0 Å². The molecule has 2 heterocycles. The number of methoxy groups -OCH3 is 1. The van der Waals surface area contributed by atoms with Gasteiger partial charge in [0, 0.05) is 18.3 Å². The van der Waals surface area contributed by atoms with Gasteiger partial charge in [-0.2, -0.15) is 4.98 Å². The van der Waals surface area contributed by atoms with E-state index in [-0.39, 0.29) is 11.5 Å². The quantitative estimate of drug-likeness (QED) is 0.485. The summed E-state index contributed by atoms with van der Waals surface area (Å²) in [6.07, 6.45) is 5.20. The molecule has 0 aliphatic carbocycles. The van der Waals surface area contributed by atoms with Crippen molar-refractivity contribution in [1.29, 1.82) is 0 Å². The molecule has 8 heteroatoms. The lowest BCUT2D eigenvalue weighted by molar-refractivity contribution is 0.0696. The summed E-state index contributed by atoms with van der Waals surface area (Å²) in [6.45, 7) is 3.37. The van der Waals surface area contributed by atoms with Crippen LogP contribution < -0.4 is 15.8 Å². The molecule has 3 rings (SSSR count). The summed E-state index contributed by atoms with van der Waals surface area (Å²) in [5.41, 5.74) is 8.39. The second-order valence-corrected chi connectivity index (χ2v) is 6.57. The third kappa shape index (κ3) is 4.16. The highest BCUT2D eigenvalue weighted by atomic mass is 16.5. The van der Waals surface area contributed by atoms with Gasteiger partial charge < -0.3 is 25.5 Å². The van der Waals surface area contributed by atoms with Crippen molar-refractivity contribution >= 4 is 28.8 Å². The van der Waals surface area contributed by atoms with E-state index in [0.29, 0.717) is 18.1 Å². The van der Waals surface area contributed by atoms with E-state index in [0.717, 1.165) is 42.4 Å². The number of aromatic nitrogens is 3. The minimum Gasteiger partial charge on any atom is -0.496 e. The fourth-order valence-electron chi connectivity index (χ4n) is 3.18. The molecule has 8 nitrogen and oxygen atoms in total. The molecule has 0 aliphatic rings. The Morgan fingerprint density at radius 1 is 1.29 bits per heavy atom. The number of fused-ring (bicyclic) bond motifs is 1. The number of nitrogens with one attached hydrogen (secondary N) is 1. The molecule has 0 fully saturated rings. The number of unbranched alkanes of at least 4 members (excludes halogenated alkanes) is 2. The van der Waals surface area contributed by atoms with E-state index in [1.54, 1.807) is 19.2 Å². The first kappa shape index (κ1) is 19.5. The lowest BCUT2D eigenvalue weighted by atomic mass is 10.1. The SMILES string of the molecule is CCCCCNc1nc(N)nc2ccn(Cc3cc(C(=O)O)ccc3OC)c12. The lowest BCUT2D eigenvalue weighted by Gasteiger charge is -2.14. The van der Waals surface area contributed by atoms with Gasteiger partial charge in [-0.25, -0.2) is 9.78 Å². The van der Waals surface area contributed by atoms with E-state index >= 15 is 0 Å². The van der Waals surface area contributed by atoms with Crippen LogP contribution in [0.5, 0.6) is 5.75 Å². The molecule has 0 amide bonds. The van der Waals surface area contributed by atoms with Crippen LogP contribution in [0.3, 0.4) is 0 Å². The number of hydrogen-bond donors (Lipinski definition) is 3. The Hall–Kier alpha value is -3.29. The zero-order valence-electron chi connectivity index (χ0n) is 16.1. The van der Waals surface area contributed by atoms with Gasteiger partial charge in [-0.1, -0.05) is 19.8 Å². The lowest BCUT2D eigenvalue weighted by Crippen LogP contribution is -2.10. The Kier molecular flexibility index (Phi) is 5.98. The maximum absolute atomic E-state index is 11.3. The molecule has 1 aromatic carbocycles. The fraction of sp³-hybridized carbons (Fsp3) is 0.350. The molecule has 0 saturated heterocycles. The number of nitrogen functional groups attached to an aromatic ring is 1. The molecule has 0 atom stereocenters. The maximum atomic E-state index is 11.3. The summed E-state index contributed by atoms with van der Waals surface area (Å²) in [6, 6.07) is 6.70. The summed E-state index contributed by atoms with van der Waals surface area (Å²) in [5.74, 6) is 0.543. The van der Waals surface area contributed by atoms with E-state index in [4.69, 9.17) is 10.5 Å². The summed E-state index contributed by atoms with van der Waals surface area (Å²) in [7, 11) is 1.57. The predicted octanol–water partition coefficient (Wildman–Crippen LogP) is 3.37. The summed E-state index contributed by atoms with van der Waals surface area (Å²) in [4.78, 5) is 20.0. The van der Waals surface area contributed by atoms with Crippen LogP contribution in [0.15, 0.2) is 30.5 Å². The normalized spacial score (nSPS) is 10.9. The van der Waals surface area contributed by atoms with Gasteiger partial charge in [0.2, 0.25) is 5.95 Å². The van der Waals surface area contributed by atoms with Gasteiger partial charge >= 0.3 is 5.97 Å². The summed E-state index contributed by atoms with van der Waals surface area (Å²) >= 11 is 0. The number of hydrogen-bond acceptors (Lipinski definition) is 6. The van der Waals surface area contributed by atoms with Crippen molar-refractivity contribution in [3.63, 3.8) is 0 Å². The zero-order valence-corrected chi connectivity index (χ0v) is 16.1. The van der Waals surface area contributed by atoms with Crippen LogP contribution in [0.1, 0.15) is 42.1 Å². The number of benzene rings is 1. The Morgan fingerprint density at radius 3 is 2.82 bits per heavy atom. The number of aromatic carboxylic acids is 1. The van der Waals surface area contributed by atoms with Gasteiger partial charge in [0.15, 0.2) is 5.82 Å². The van der Waals surface area contributed by atoms with Crippen LogP contribution in [0, 0.1) is 0 Å². The van der Waals surface area contributed by atoms with Crippen molar-refractivity contribution < 1.29 is 14.6 Å². The van der Waals surface area contributed by atoms with Gasteiger partial charge in [0.05, 0.1) is 24.7 Å². The second kappa shape index (κ2) is 8.60. The molecule has 28 heavy (non-hydrogen) atoms. The van der Waals surface area contributed by atoms with E-state index in [2.05, 4.69) is 22.2 Å². The summed E-state index contributed by atoms with van der Waals surface area (Å²) in [5, 5.41) is 12.7. The van der Waals surface area contributed by atoms with Gasteiger partial charge in [0.1, 0.15) is 11.3 Å². The van der Waals surface area contributed by atoms with E-state index < -0.39 is 5.97 Å². The summed E-state index contributed by atoms with van der Waals surface area (Å²) < 4.78 is 7.38. The first-order valence-electron chi connectivity index (χ1n) is 9.30. The van der Waals surface area contributed by atoms with Crippen molar-refractivity contribution in [1.82, 2.24) is 14.5 Å². The van der Waals surface area contributed by atoms with Crippen molar-refractivity contribution in [2.24, 2.45) is 0 Å². The highest BCUT2D eigenvalue weighted by Gasteiger charge is 2.14. The van der Waals surface area contributed by atoms with Gasteiger partial charge in [-0.15, -0.1) is 0 Å². The Morgan fingerprint density at radius 2 is 2.11 bits per heavy atom. The monoisotopic (exact) mass is 383 g/mol. The Labute approximate surface area is 163 Å². The Bertz CT molecular complexity index is 983. The van der Waals surface area contributed by atoms with Crippen LogP contribution in [-0.4, -0.2) is 39.3 Å². The minimum absolute atomic E-state index is 0.214. The van der Waals surface area contributed by atoms with Crippen molar-refractivity contribution in [3.05, 3.63) is 41.6 Å². The maximum Gasteiger partial charge on any atom is 0.335 e. The number of nitrogens with zero attached hydrogens (tertiary/aromatic N) is 3. The molecule has 0 aliphatic heterocycles. The third-order valence-corrected chi connectivity index (χ3v) is 4.57. The molecular weight excluding hydrogens is 358 g/mol. The smallest absolute Gasteiger partial charge is 0.335 e. The van der Waals surface area contributed by atoms with E-state index in [1.165, 1.54) is 6.07 Å². The highest BCUT2D eigenvalue weighted by Crippen LogP contribution is 2.27. The molecule has 148 valence electrons. The fourth-order valence-corrected chi connectivity index (χ4v) is 3.18. The number of rotatable bonds is 9. The Balaban J connectivity index is 1.97. The van der Waals surface area contributed by atoms with Crippen LogP contribution in [-0.2, 0) is 6.54 Å². The molecule has 0 radical (unpaired) electrons. The molecule has 0 unspecified atom stereocenters. The van der Waals surface area contributed by atoms with Gasteiger partial charge in [-0.05, 0) is 30.7 Å². The van der Waals surface area contributed by atoms with Crippen LogP contribution in [0.25, 0.3) is 11.0 Å². The largest absolute Gasteiger partial charge is 0.496 e. The predicted molar refractivity (Wildman–Crippen MR) is 109 cm³/mol. The standard InChI is InChI=1S/C20H25N5O3/c1-3-4-5-9-22-18-17-15(23-20(21)24-18)8-10-25(17)12-14-11-13(19(26)27)6-7-16(14)28-2/h6-8,10-11H,3-5,9,12H2,1-2H3,(H,26,27)(H3,21,22,23,24). The van der Waals surface area contributed by atoms with Crippen LogP contribution in [0.4, 0.5) is 11.8 Å². The van der Waals surface area contributed by atoms with E-state index in [1.807, 2.05) is 16.8 Å². The molecular formula is C20H25N5O3. The number of carbonyl (C=O) groups is 1. The molecule has 0 bridgehead atoms. The average molecular weight is 383 g/mol. The molecule has 0 spiro atoms. The van der Waals surface area contributed by atoms with Crippen LogP contribution in [0.2, 0.25) is 0 Å². The molecule has 4 N–H and O–H groups in total. The number of carboxylic acid groups (broad SMARTS) is 1.